The lowest BCUT2D eigenvalue weighted by atomic mass is 10.2. The fourth-order valence-corrected chi connectivity index (χ4v) is 1.49. The number of esters is 1. The van der Waals surface area contributed by atoms with Gasteiger partial charge in [0.15, 0.2) is 5.96 Å². The Kier molecular flexibility index (Phi) is 6.43. The lowest BCUT2D eigenvalue weighted by Gasteiger charge is -2.11. The van der Waals surface area contributed by atoms with Gasteiger partial charge in [-0.1, -0.05) is 0 Å². The van der Waals surface area contributed by atoms with Gasteiger partial charge in [0, 0.05) is 26.6 Å². The number of hydrogen-bond donors (Lipinski definition) is 2. The quantitative estimate of drug-likeness (QED) is 0.301. The summed E-state index contributed by atoms with van der Waals surface area (Å²) < 4.78 is 4.58. The molecule has 1 fully saturated rings. The van der Waals surface area contributed by atoms with Crippen LogP contribution in [0.3, 0.4) is 0 Å². The minimum Gasteiger partial charge on any atom is -0.469 e. The van der Waals surface area contributed by atoms with Crippen molar-refractivity contribution in [3.8, 4) is 0 Å². The lowest BCUT2D eigenvalue weighted by molar-refractivity contribution is -0.140. The SMILES string of the molecule is CN=C(NCCCCC(=O)OC)NCC1CC1. The third-order valence-electron chi connectivity index (χ3n) is 2.81. The van der Waals surface area contributed by atoms with Gasteiger partial charge < -0.3 is 15.4 Å². The highest BCUT2D eigenvalue weighted by Crippen LogP contribution is 2.27. The van der Waals surface area contributed by atoms with Crippen molar-refractivity contribution in [1.29, 1.82) is 0 Å². The van der Waals surface area contributed by atoms with E-state index in [0.717, 1.165) is 37.8 Å². The molecule has 1 rings (SSSR count). The van der Waals surface area contributed by atoms with Crippen LogP contribution in [0.5, 0.6) is 0 Å². The molecule has 0 atom stereocenters. The third kappa shape index (κ3) is 6.81. The number of methoxy groups -OCH3 is 1. The maximum atomic E-state index is 10.9. The average molecular weight is 241 g/mol. The molecular formula is C12H23N3O2. The van der Waals surface area contributed by atoms with Gasteiger partial charge in [-0.3, -0.25) is 9.79 Å². The Hall–Kier alpha value is -1.26. The maximum Gasteiger partial charge on any atom is 0.305 e. The number of nitrogens with one attached hydrogen (secondary N) is 2. The van der Waals surface area contributed by atoms with E-state index in [1.807, 2.05) is 0 Å². The predicted molar refractivity (Wildman–Crippen MR) is 68.0 cm³/mol. The van der Waals surface area contributed by atoms with E-state index >= 15 is 0 Å². The monoisotopic (exact) mass is 241 g/mol. The Morgan fingerprint density at radius 2 is 2.12 bits per heavy atom. The highest BCUT2D eigenvalue weighted by Gasteiger charge is 2.20. The Morgan fingerprint density at radius 3 is 2.71 bits per heavy atom. The first-order chi connectivity index (χ1) is 8.26. The van der Waals surface area contributed by atoms with Gasteiger partial charge in [-0.2, -0.15) is 0 Å². The van der Waals surface area contributed by atoms with E-state index in [1.165, 1.54) is 20.0 Å². The first-order valence-corrected chi connectivity index (χ1v) is 6.27. The summed E-state index contributed by atoms with van der Waals surface area (Å²) in [5.41, 5.74) is 0. The van der Waals surface area contributed by atoms with E-state index in [-0.39, 0.29) is 5.97 Å². The van der Waals surface area contributed by atoms with Crippen LogP contribution in [0.4, 0.5) is 0 Å². The van der Waals surface area contributed by atoms with Crippen LogP contribution in [0, 0.1) is 5.92 Å². The van der Waals surface area contributed by atoms with E-state index in [1.54, 1.807) is 7.05 Å². The molecule has 0 amide bonds. The summed E-state index contributed by atoms with van der Waals surface area (Å²) in [5.74, 6) is 1.56. The molecule has 5 heteroatoms. The van der Waals surface area contributed by atoms with Crippen LogP contribution in [-0.4, -0.2) is 39.2 Å². The fraction of sp³-hybridized carbons (Fsp3) is 0.833. The minimum atomic E-state index is -0.138. The first-order valence-electron chi connectivity index (χ1n) is 6.27. The minimum absolute atomic E-state index is 0.138. The molecule has 17 heavy (non-hydrogen) atoms. The van der Waals surface area contributed by atoms with Crippen molar-refractivity contribution in [3.05, 3.63) is 0 Å². The Labute approximate surface area is 103 Å². The van der Waals surface area contributed by atoms with Crippen LogP contribution < -0.4 is 10.6 Å². The Morgan fingerprint density at radius 1 is 1.35 bits per heavy atom. The molecular weight excluding hydrogens is 218 g/mol. The van der Waals surface area contributed by atoms with Gasteiger partial charge in [0.05, 0.1) is 7.11 Å². The number of ether oxygens (including phenoxy) is 1. The normalized spacial score (nSPS) is 15.5. The zero-order chi connectivity index (χ0) is 12.5. The van der Waals surface area contributed by atoms with Gasteiger partial charge in [-0.05, 0) is 31.6 Å². The van der Waals surface area contributed by atoms with Crippen molar-refractivity contribution in [2.45, 2.75) is 32.1 Å². The molecule has 1 aliphatic rings. The van der Waals surface area contributed by atoms with Crippen molar-refractivity contribution in [1.82, 2.24) is 10.6 Å². The number of nitrogens with zero attached hydrogens (tertiary/aromatic N) is 1. The molecule has 1 saturated carbocycles. The number of hydrogen-bond acceptors (Lipinski definition) is 3. The number of unbranched alkanes of at least 4 members (excludes halogenated alkanes) is 1. The summed E-state index contributed by atoms with van der Waals surface area (Å²) in [6.07, 6.45) is 4.96. The zero-order valence-corrected chi connectivity index (χ0v) is 10.8. The molecule has 0 heterocycles. The summed E-state index contributed by atoms with van der Waals surface area (Å²) in [6.45, 7) is 1.85. The molecule has 0 aromatic heterocycles. The molecule has 0 aromatic rings. The smallest absolute Gasteiger partial charge is 0.305 e. The standard InChI is InChI=1S/C12H23N3O2/c1-13-12(15-9-10-6-7-10)14-8-4-3-5-11(16)17-2/h10H,3-9H2,1-2H3,(H2,13,14,15). The second-order valence-electron chi connectivity index (χ2n) is 4.36. The average Bonchev–Trinajstić information content (AvgIpc) is 3.16. The third-order valence-corrected chi connectivity index (χ3v) is 2.81. The molecule has 0 spiro atoms. The molecule has 1 aliphatic carbocycles. The predicted octanol–water partition coefficient (Wildman–Crippen LogP) is 0.905. The second-order valence-corrected chi connectivity index (χ2v) is 4.36. The second kappa shape index (κ2) is 7.92. The summed E-state index contributed by atoms with van der Waals surface area (Å²) in [6, 6.07) is 0. The van der Waals surface area contributed by atoms with Gasteiger partial charge in [-0.15, -0.1) is 0 Å². The van der Waals surface area contributed by atoms with E-state index < -0.39 is 0 Å². The molecule has 0 aromatic carbocycles. The van der Waals surface area contributed by atoms with E-state index in [0.29, 0.717) is 6.42 Å². The van der Waals surface area contributed by atoms with E-state index in [9.17, 15) is 4.79 Å². The van der Waals surface area contributed by atoms with Gasteiger partial charge in [0.2, 0.25) is 0 Å². The van der Waals surface area contributed by atoms with Crippen molar-refractivity contribution >= 4 is 11.9 Å². The molecule has 0 bridgehead atoms. The van der Waals surface area contributed by atoms with Crippen LogP contribution >= 0.6 is 0 Å². The van der Waals surface area contributed by atoms with Gasteiger partial charge >= 0.3 is 5.97 Å². The van der Waals surface area contributed by atoms with Crippen molar-refractivity contribution in [2.24, 2.45) is 10.9 Å². The Balaban J connectivity index is 1.97. The summed E-state index contributed by atoms with van der Waals surface area (Å²) in [5, 5.41) is 6.52. The largest absolute Gasteiger partial charge is 0.469 e. The lowest BCUT2D eigenvalue weighted by Crippen LogP contribution is -2.38. The molecule has 0 radical (unpaired) electrons. The highest BCUT2D eigenvalue weighted by atomic mass is 16.5. The fourth-order valence-electron chi connectivity index (χ4n) is 1.49. The van der Waals surface area contributed by atoms with Crippen LogP contribution in [0.15, 0.2) is 4.99 Å². The summed E-state index contributed by atoms with van der Waals surface area (Å²) in [7, 11) is 3.20. The highest BCUT2D eigenvalue weighted by molar-refractivity contribution is 5.79. The number of carbonyl (C=O) groups is 1. The van der Waals surface area contributed by atoms with Crippen molar-refractivity contribution < 1.29 is 9.53 Å². The molecule has 0 saturated heterocycles. The molecule has 5 nitrogen and oxygen atoms in total. The van der Waals surface area contributed by atoms with Crippen molar-refractivity contribution in [2.75, 3.05) is 27.2 Å². The van der Waals surface area contributed by atoms with E-state index in [4.69, 9.17) is 0 Å². The maximum absolute atomic E-state index is 10.9. The molecule has 2 N–H and O–H groups in total. The number of guanidine groups is 1. The zero-order valence-electron chi connectivity index (χ0n) is 10.8. The van der Waals surface area contributed by atoms with Crippen LogP contribution in [-0.2, 0) is 9.53 Å². The topological polar surface area (TPSA) is 62.7 Å². The summed E-state index contributed by atoms with van der Waals surface area (Å²) in [4.78, 5) is 15.0. The van der Waals surface area contributed by atoms with E-state index in [2.05, 4.69) is 20.4 Å². The summed E-state index contributed by atoms with van der Waals surface area (Å²) >= 11 is 0. The van der Waals surface area contributed by atoms with Gasteiger partial charge in [-0.25, -0.2) is 0 Å². The first kappa shape index (κ1) is 13.8. The number of rotatable bonds is 7. The number of aliphatic imine (C=N–C) groups is 1. The van der Waals surface area contributed by atoms with Crippen LogP contribution in [0.25, 0.3) is 0 Å². The van der Waals surface area contributed by atoms with Gasteiger partial charge in [0.25, 0.3) is 0 Å². The molecule has 98 valence electrons. The van der Waals surface area contributed by atoms with Crippen molar-refractivity contribution in [3.63, 3.8) is 0 Å². The number of carbonyl (C=O) groups excluding carboxylic acids is 1. The van der Waals surface area contributed by atoms with Crippen LogP contribution in [0.1, 0.15) is 32.1 Å². The molecule has 0 aliphatic heterocycles. The van der Waals surface area contributed by atoms with Gasteiger partial charge in [0.1, 0.15) is 0 Å². The Bertz CT molecular complexity index is 262. The molecule has 0 unspecified atom stereocenters. The van der Waals surface area contributed by atoms with Crippen LogP contribution in [0.2, 0.25) is 0 Å².